The van der Waals surface area contributed by atoms with Crippen molar-refractivity contribution in [2.45, 2.75) is 45.1 Å². The number of rotatable bonds is 10. The maximum Gasteiger partial charge on any atom is 0.245 e. The van der Waals surface area contributed by atoms with Gasteiger partial charge in [-0.25, -0.2) is 10.0 Å². The summed E-state index contributed by atoms with van der Waals surface area (Å²) in [5.74, 6) is -0.653. The van der Waals surface area contributed by atoms with E-state index in [1.165, 1.54) is 0 Å². The molecule has 36 heavy (non-hydrogen) atoms. The maximum absolute atomic E-state index is 13.4. The zero-order valence-electron chi connectivity index (χ0n) is 20.8. The van der Waals surface area contributed by atoms with Crippen LogP contribution in [0, 0.1) is 5.92 Å². The van der Waals surface area contributed by atoms with Gasteiger partial charge in [-0.15, -0.1) is 11.3 Å². The fraction of sp³-hybridized carbons (Fsp3) is 0.538. The molecule has 10 heteroatoms. The number of hydrogen-bond acceptors (Lipinski definition) is 7. The first-order valence-electron chi connectivity index (χ1n) is 12.8. The van der Waals surface area contributed by atoms with Gasteiger partial charge in [0.25, 0.3) is 0 Å². The Hall–Kier alpha value is -2.98. The molecule has 9 nitrogen and oxygen atoms in total. The molecule has 3 amide bonds. The predicted molar refractivity (Wildman–Crippen MR) is 139 cm³/mol. The van der Waals surface area contributed by atoms with Gasteiger partial charge >= 0.3 is 0 Å². The van der Waals surface area contributed by atoms with E-state index in [-0.39, 0.29) is 18.4 Å². The summed E-state index contributed by atoms with van der Waals surface area (Å²) < 4.78 is 0. The Morgan fingerprint density at radius 2 is 1.94 bits per heavy atom. The Kier molecular flexibility index (Phi) is 8.93. The molecule has 2 atom stereocenters. The molecule has 0 radical (unpaired) electrons. The van der Waals surface area contributed by atoms with Crippen molar-refractivity contribution in [3.8, 4) is 11.3 Å². The third-order valence-corrected chi connectivity index (χ3v) is 7.93. The monoisotopic (exact) mass is 513 g/mol. The van der Waals surface area contributed by atoms with E-state index in [9.17, 15) is 19.6 Å². The van der Waals surface area contributed by atoms with Gasteiger partial charge < -0.3 is 14.7 Å². The molecule has 1 aromatic carbocycles. The van der Waals surface area contributed by atoms with Gasteiger partial charge in [-0.2, -0.15) is 0 Å². The second-order valence-electron chi connectivity index (χ2n) is 9.45. The largest absolute Gasteiger partial charge is 0.345 e. The highest BCUT2D eigenvalue weighted by Crippen LogP contribution is 2.29. The average molecular weight is 514 g/mol. The molecule has 2 aromatic rings. The lowest BCUT2D eigenvalue weighted by Crippen LogP contribution is -2.55. The molecular weight excluding hydrogens is 478 g/mol. The first kappa shape index (κ1) is 26.1. The van der Waals surface area contributed by atoms with Crippen LogP contribution in [-0.2, 0) is 14.4 Å². The van der Waals surface area contributed by atoms with Gasteiger partial charge in [0.05, 0.1) is 18.2 Å². The molecule has 0 spiro atoms. The van der Waals surface area contributed by atoms with Crippen LogP contribution in [0.2, 0.25) is 0 Å². The van der Waals surface area contributed by atoms with Crippen molar-refractivity contribution < 1.29 is 19.6 Å². The first-order chi connectivity index (χ1) is 17.5. The van der Waals surface area contributed by atoms with Gasteiger partial charge in [0.1, 0.15) is 6.04 Å². The molecule has 0 aliphatic carbocycles. The summed E-state index contributed by atoms with van der Waals surface area (Å²) in [5.41, 5.74) is 2.05. The highest BCUT2D eigenvalue weighted by molar-refractivity contribution is 7.14. The summed E-state index contributed by atoms with van der Waals surface area (Å²) in [6.07, 6.45) is 4.06. The van der Waals surface area contributed by atoms with E-state index in [1.807, 2.05) is 42.2 Å². The van der Waals surface area contributed by atoms with Crippen LogP contribution in [0.3, 0.4) is 0 Å². The van der Waals surface area contributed by atoms with Crippen molar-refractivity contribution in [1.29, 1.82) is 0 Å². The molecule has 2 aliphatic heterocycles. The smallest absolute Gasteiger partial charge is 0.245 e. The Bertz CT molecular complexity index is 1020. The normalized spacial score (nSPS) is 18.8. The molecular formula is C26H35N5O4S. The highest BCUT2D eigenvalue weighted by atomic mass is 32.1. The topological polar surface area (TPSA) is 97.3 Å². The number of hydrogen-bond donors (Lipinski definition) is 1. The van der Waals surface area contributed by atoms with Crippen LogP contribution in [-0.4, -0.2) is 88.6 Å². The lowest BCUT2D eigenvalue weighted by atomic mass is 9.99. The molecule has 0 unspecified atom stereocenters. The summed E-state index contributed by atoms with van der Waals surface area (Å²) in [6.45, 7) is 5.11. The van der Waals surface area contributed by atoms with E-state index in [0.717, 1.165) is 35.7 Å². The van der Waals surface area contributed by atoms with Gasteiger partial charge in [0.15, 0.2) is 5.13 Å². The minimum atomic E-state index is -0.505. The quantitative estimate of drug-likeness (QED) is 0.298. The Balaban J connectivity index is 1.35. The number of carbonyl (C=O) groups is 3. The summed E-state index contributed by atoms with van der Waals surface area (Å²) in [4.78, 5) is 48.3. The van der Waals surface area contributed by atoms with Crippen LogP contribution in [0.15, 0.2) is 35.7 Å². The van der Waals surface area contributed by atoms with Gasteiger partial charge in [-0.3, -0.25) is 19.6 Å². The lowest BCUT2D eigenvalue weighted by Gasteiger charge is -2.37. The number of carbonyl (C=O) groups excluding carboxylic acids is 3. The molecule has 1 aromatic heterocycles. The minimum Gasteiger partial charge on any atom is -0.345 e. The van der Waals surface area contributed by atoms with Gasteiger partial charge in [0, 0.05) is 43.7 Å². The molecule has 1 N–H and O–H groups in total. The van der Waals surface area contributed by atoms with Crippen molar-refractivity contribution in [2.75, 3.05) is 44.2 Å². The number of piperazine rings is 1. The molecule has 2 saturated heterocycles. The Labute approximate surface area is 216 Å². The van der Waals surface area contributed by atoms with Crippen LogP contribution < -0.4 is 4.90 Å². The third kappa shape index (κ3) is 6.04. The van der Waals surface area contributed by atoms with Crippen LogP contribution >= 0.6 is 11.3 Å². The number of anilines is 1. The average Bonchev–Trinajstić information content (AvgIpc) is 3.61. The molecule has 0 bridgehead atoms. The van der Waals surface area contributed by atoms with Crippen molar-refractivity contribution in [3.05, 3.63) is 35.7 Å². The number of thiazole rings is 1. The number of unbranched alkanes of at least 4 members (excludes halogenated alkanes) is 1. The standard InChI is InChI=1S/C26H35N5O4S/c1-2-3-8-21(17-30(35)19-32)24(33)31-12-7-11-23(31)25(34)28-13-15-29(16-14-28)26-27-22(18-36-26)20-9-5-4-6-10-20/h4-6,9-10,18-19,21,23,35H,2-3,7-8,11-17H2,1H3/t21-,23+/m1/s1. The van der Waals surface area contributed by atoms with E-state index in [4.69, 9.17) is 4.98 Å². The number of aromatic nitrogens is 1. The van der Waals surface area contributed by atoms with Crippen LogP contribution in [0.5, 0.6) is 0 Å². The maximum atomic E-state index is 13.4. The predicted octanol–water partition coefficient (Wildman–Crippen LogP) is 3.10. The number of benzene rings is 1. The van der Waals surface area contributed by atoms with Crippen LogP contribution in [0.4, 0.5) is 5.13 Å². The number of nitrogens with zero attached hydrogens (tertiary/aromatic N) is 5. The van der Waals surface area contributed by atoms with Crippen molar-refractivity contribution in [1.82, 2.24) is 19.8 Å². The van der Waals surface area contributed by atoms with E-state index in [1.54, 1.807) is 16.2 Å². The highest BCUT2D eigenvalue weighted by Gasteiger charge is 2.39. The van der Waals surface area contributed by atoms with Crippen molar-refractivity contribution in [3.63, 3.8) is 0 Å². The molecule has 3 heterocycles. The first-order valence-corrected chi connectivity index (χ1v) is 13.7. The second kappa shape index (κ2) is 12.3. The van der Waals surface area contributed by atoms with Gasteiger partial charge in [-0.1, -0.05) is 50.1 Å². The van der Waals surface area contributed by atoms with Gasteiger partial charge in [-0.05, 0) is 19.3 Å². The molecule has 0 saturated carbocycles. The second-order valence-corrected chi connectivity index (χ2v) is 10.3. The molecule has 2 aliphatic rings. The Morgan fingerprint density at radius 1 is 1.19 bits per heavy atom. The lowest BCUT2D eigenvalue weighted by molar-refractivity contribution is -0.158. The summed E-state index contributed by atoms with van der Waals surface area (Å²) in [5, 5.41) is 13.3. The molecule has 4 rings (SSSR count). The van der Waals surface area contributed by atoms with Gasteiger partial charge in [0.2, 0.25) is 18.2 Å². The zero-order chi connectivity index (χ0) is 25.5. The minimum absolute atomic E-state index is 0.00454. The summed E-state index contributed by atoms with van der Waals surface area (Å²) >= 11 is 1.62. The number of hydroxylamine groups is 2. The molecule has 2 fully saturated rings. The number of likely N-dealkylation sites (tertiary alicyclic amines) is 1. The van der Waals surface area contributed by atoms with E-state index in [2.05, 4.69) is 10.3 Å². The fourth-order valence-corrected chi connectivity index (χ4v) is 5.90. The van der Waals surface area contributed by atoms with Crippen molar-refractivity contribution in [2.24, 2.45) is 5.92 Å². The summed E-state index contributed by atoms with van der Waals surface area (Å²) in [6, 6.07) is 9.63. The molecule has 194 valence electrons. The fourth-order valence-electron chi connectivity index (χ4n) is 5.01. The van der Waals surface area contributed by atoms with E-state index < -0.39 is 12.0 Å². The number of amides is 3. The van der Waals surface area contributed by atoms with E-state index >= 15 is 0 Å². The SMILES string of the molecule is CCCC[C@H](CN(O)C=O)C(=O)N1CCC[C@H]1C(=O)N1CCN(c2nc(-c3ccccc3)cs2)CC1. The van der Waals surface area contributed by atoms with Crippen molar-refractivity contribution >= 4 is 34.7 Å². The van der Waals surface area contributed by atoms with E-state index in [0.29, 0.717) is 57.0 Å². The van der Waals surface area contributed by atoms with Crippen LogP contribution in [0.1, 0.15) is 39.0 Å². The van der Waals surface area contributed by atoms with Crippen LogP contribution in [0.25, 0.3) is 11.3 Å². The Morgan fingerprint density at radius 3 is 2.64 bits per heavy atom. The zero-order valence-corrected chi connectivity index (χ0v) is 21.6. The third-order valence-electron chi connectivity index (χ3n) is 7.03. The summed E-state index contributed by atoms with van der Waals surface area (Å²) in [7, 11) is 0.